The number of alkyl halides is 6. The Labute approximate surface area is 622 Å². The van der Waals surface area contributed by atoms with Crippen LogP contribution in [0.5, 0.6) is 0 Å². The minimum absolute atomic E-state index is 0.000481. The first-order chi connectivity index (χ1) is 50.9. The van der Waals surface area contributed by atoms with Crippen molar-refractivity contribution in [2.24, 2.45) is 27.1 Å². The molecule has 31 heteroatoms. The Balaban J connectivity index is 0.000000150. The molecule has 8 N–H and O–H groups in total. The Hall–Kier alpha value is -8.49. The smallest absolute Gasteiger partial charge is 0.395 e. The van der Waals surface area contributed by atoms with Gasteiger partial charge in [0.05, 0.1) is 94.7 Å². The topological polar surface area (TPSA) is 279 Å². The number of likely N-dealkylation sites (tertiary alicyclic amines) is 3. The quantitative estimate of drug-likeness (QED) is 0.0245. The third-order valence-electron chi connectivity index (χ3n) is 22.6. The molecule has 107 heavy (non-hydrogen) atoms. The summed E-state index contributed by atoms with van der Waals surface area (Å²) in [7, 11) is 5.34. The molecular formula is C76H99F6N17O7S. The lowest BCUT2D eigenvalue weighted by Gasteiger charge is -2.48. The summed E-state index contributed by atoms with van der Waals surface area (Å²) in [6, 6.07) is 20.9. The van der Waals surface area contributed by atoms with E-state index in [-0.39, 0.29) is 78.5 Å². The van der Waals surface area contributed by atoms with Crippen molar-refractivity contribution in [1.29, 1.82) is 0 Å². The Morgan fingerprint density at radius 1 is 0.551 bits per heavy atom. The molecule has 3 aliphatic heterocycles. The average molecular weight is 1510 g/mol. The Bertz CT molecular complexity index is 4390. The van der Waals surface area contributed by atoms with E-state index in [1.54, 1.807) is 47.3 Å². The van der Waals surface area contributed by atoms with E-state index < -0.39 is 35.4 Å². The van der Waals surface area contributed by atoms with Gasteiger partial charge in [0.25, 0.3) is 0 Å². The molecule has 3 saturated carbocycles. The van der Waals surface area contributed by atoms with Crippen molar-refractivity contribution in [3.63, 3.8) is 0 Å². The van der Waals surface area contributed by atoms with E-state index in [9.17, 15) is 55.7 Å². The van der Waals surface area contributed by atoms with Crippen LogP contribution in [0.1, 0.15) is 142 Å². The lowest BCUT2D eigenvalue weighted by atomic mass is 9.77. The fraction of sp³-hybridized carbons (Fsp3) is 0.566. The van der Waals surface area contributed by atoms with Crippen LogP contribution >= 0.6 is 11.3 Å². The van der Waals surface area contributed by atoms with Crippen molar-refractivity contribution < 1.29 is 60.5 Å². The Kier molecular flexibility index (Phi) is 23.9. The van der Waals surface area contributed by atoms with Crippen LogP contribution in [0.2, 0.25) is 0 Å². The number of carbonyl (C=O) groups excluding carboxylic acids is 4. The van der Waals surface area contributed by atoms with Crippen LogP contribution in [0.25, 0.3) is 32.7 Å². The number of fused-ring (bicyclic) bond motifs is 3. The zero-order valence-corrected chi connectivity index (χ0v) is 62.7. The minimum atomic E-state index is -4.33. The van der Waals surface area contributed by atoms with Gasteiger partial charge in [0, 0.05) is 118 Å². The Morgan fingerprint density at radius 3 is 1.34 bits per heavy atom. The van der Waals surface area contributed by atoms with Gasteiger partial charge in [0.15, 0.2) is 17.5 Å². The van der Waals surface area contributed by atoms with Crippen molar-refractivity contribution in [1.82, 2.24) is 70.0 Å². The second kappa shape index (κ2) is 32.8. The van der Waals surface area contributed by atoms with E-state index in [0.717, 1.165) is 150 Å². The fourth-order valence-corrected chi connectivity index (χ4v) is 16.6. The molecule has 3 amide bonds. The van der Waals surface area contributed by atoms with Crippen molar-refractivity contribution in [2.75, 3.05) is 81.5 Å². The first kappa shape index (κ1) is 78.1. The highest BCUT2D eigenvalue weighted by Gasteiger charge is 2.44. The zero-order chi connectivity index (χ0) is 76.3. The molecular weight excluding hydrogens is 1410 g/mol. The van der Waals surface area contributed by atoms with Gasteiger partial charge in [-0.3, -0.25) is 57.9 Å². The van der Waals surface area contributed by atoms with Crippen LogP contribution in [0.4, 0.5) is 43.8 Å². The van der Waals surface area contributed by atoms with E-state index in [1.165, 1.54) is 41.2 Å². The summed E-state index contributed by atoms with van der Waals surface area (Å²) in [4.78, 5) is 66.0. The fourth-order valence-electron chi connectivity index (χ4n) is 15.8. The number of rotatable bonds is 21. The first-order valence-electron chi connectivity index (χ1n) is 37.2. The van der Waals surface area contributed by atoms with Gasteiger partial charge in [-0.2, -0.15) is 41.6 Å². The molecule has 0 bridgehead atoms. The van der Waals surface area contributed by atoms with Crippen molar-refractivity contribution in [3.8, 4) is 0 Å². The van der Waals surface area contributed by atoms with Crippen molar-refractivity contribution in [3.05, 3.63) is 117 Å². The highest BCUT2D eigenvalue weighted by molar-refractivity contribution is 7.09. The molecule has 3 saturated heterocycles. The number of halogens is 6. The van der Waals surface area contributed by atoms with E-state index in [0.29, 0.717) is 71.0 Å². The number of ether oxygens (including phenoxy) is 1. The molecule has 3 aromatic carbocycles. The minimum Gasteiger partial charge on any atom is -0.466 e. The molecule has 14 rings (SSSR count). The van der Waals surface area contributed by atoms with Crippen LogP contribution < -0.4 is 31.9 Å². The highest BCUT2D eigenvalue weighted by atomic mass is 32.1. The molecule has 6 fully saturated rings. The number of aromatic nitrogens is 8. The van der Waals surface area contributed by atoms with Gasteiger partial charge in [0.2, 0.25) is 17.7 Å². The molecule has 3 aliphatic carbocycles. The van der Waals surface area contributed by atoms with E-state index >= 15 is 0 Å². The monoisotopic (exact) mass is 1510 g/mol. The number of anilines is 3. The van der Waals surface area contributed by atoms with Crippen LogP contribution in [0, 0.1) is 19.8 Å². The average Bonchev–Trinajstić information content (AvgIpc) is 1.18. The van der Waals surface area contributed by atoms with E-state index in [4.69, 9.17) is 4.74 Å². The standard InChI is InChI=1S/C26H34N6O2.C25H31F3N6O2S.C25H34F3N5O3/c1-17-4-7-23-22(12-17)25(30-31(23)3)28-14-24(33)29-20-15-32(16-20)21-8-10-26(34,11-9-21)19-6-5-18(2)27-13-19;1-15(25(26,27)28)16-3-4-20-19(9-16)23(32-33(20)2)30-11-22(35)31-17-12-34(13-17)18-5-7-24(36,8-6-18)21-10-29-14-37-21;1-4-36-24(35)16-5-8-19(9-6-16)33-13-18(14-33)30-22(34)12-29-23-20-11-17(15(2)25(26,27)28)7-10-21(20)32(3)31-23/h4-7,12-13,20-21,34H,8-11,14-16H2,1-3H3,(H,28,30)(H,29,33);3-4,9-10,14-15,17-18,36H,5-8,11-13H2,1-2H3,(H,30,32)(H,31,35);7,10-11,15-16,18-19H,4-6,8-9,12-14H2,1-3H3,(H,29,31)(H,30,34). The number of pyridine rings is 1. The molecule has 2 atom stereocenters. The largest absolute Gasteiger partial charge is 0.466 e. The van der Waals surface area contributed by atoms with E-state index in [2.05, 4.69) is 97.0 Å². The number of aliphatic hydroxyl groups is 2. The third-order valence-corrected chi connectivity index (χ3v) is 23.5. The lowest BCUT2D eigenvalue weighted by molar-refractivity contribution is -0.150. The summed E-state index contributed by atoms with van der Waals surface area (Å²) in [5.74, 6) is -2.17. The molecule has 578 valence electrons. The summed E-state index contributed by atoms with van der Waals surface area (Å²) in [6.07, 6.45) is 5.10. The molecule has 5 aromatic heterocycles. The number of thiazole rings is 1. The maximum Gasteiger partial charge on any atom is 0.395 e. The van der Waals surface area contributed by atoms with Crippen LogP contribution in [0.3, 0.4) is 0 Å². The number of carbonyl (C=O) groups is 4. The van der Waals surface area contributed by atoms with Gasteiger partial charge in [-0.05, 0) is 165 Å². The lowest BCUT2D eigenvalue weighted by Crippen LogP contribution is -2.63. The van der Waals surface area contributed by atoms with Crippen molar-refractivity contribution >= 4 is 85.2 Å². The van der Waals surface area contributed by atoms with Crippen LogP contribution in [-0.4, -0.2) is 202 Å². The summed E-state index contributed by atoms with van der Waals surface area (Å²) in [5.41, 5.74) is 5.98. The van der Waals surface area contributed by atoms with Gasteiger partial charge in [0.1, 0.15) is 5.60 Å². The van der Waals surface area contributed by atoms with Gasteiger partial charge in [-0.25, -0.2) is 0 Å². The summed E-state index contributed by atoms with van der Waals surface area (Å²) in [6.45, 7) is 13.5. The second-order valence-electron chi connectivity index (χ2n) is 30.1. The van der Waals surface area contributed by atoms with Crippen molar-refractivity contribution in [2.45, 2.75) is 183 Å². The SMILES string of the molecule is CC(c1ccc2c(c1)c(NCC(=O)NC1CN(C3CCC(O)(c4cncs4)CC3)C1)nn2C)C(F)(F)F.CCOC(=O)C1CCC(N2CC(NC(=O)CNc3nn(C)c4ccc(C(C)C(F)(F)F)cc34)C2)CC1.Cc1ccc2c(c1)c(NCC(=O)NC1CN(C3CCC(O)(c4ccc(C)nc4)CC3)C1)nn2C. The Morgan fingerprint density at radius 2 is 0.953 bits per heavy atom. The zero-order valence-electron chi connectivity index (χ0n) is 61.9. The molecule has 8 heterocycles. The molecule has 0 spiro atoms. The molecule has 2 unspecified atom stereocenters. The van der Waals surface area contributed by atoms with Crippen LogP contribution in [0.15, 0.2) is 84.6 Å². The van der Waals surface area contributed by atoms with E-state index in [1.807, 2.05) is 43.9 Å². The van der Waals surface area contributed by atoms with Gasteiger partial charge < -0.3 is 46.9 Å². The number of amides is 3. The molecule has 0 radical (unpaired) electrons. The summed E-state index contributed by atoms with van der Waals surface area (Å²) in [5, 5.41) is 55.7. The maximum absolute atomic E-state index is 13.2. The number of nitrogens with one attached hydrogen (secondary N) is 6. The maximum atomic E-state index is 13.2. The predicted molar refractivity (Wildman–Crippen MR) is 398 cm³/mol. The van der Waals surface area contributed by atoms with Gasteiger partial charge >= 0.3 is 18.3 Å². The third kappa shape index (κ3) is 18.5. The number of aryl methyl sites for hydroxylation is 5. The second-order valence-corrected chi connectivity index (χ2v) is 31.0. The highest BCUT2D eigenvalue weighted by Crippen LogP contribution is 2.44. The number of nitrogens with zero attached hydrogens (tertiary/aromatic N) is 11. The number of esters is 1. The van der Waals surface area contributed by atoms with Crippen LogP contribution in [-0.2, 0) is 56.3 Å². The van der Waals surface area contributed by atoms with Gasteiger partial charge in [-0.1, -0.05) is 29.8 Å². The number of hydrogen-bond acceptors (Lipinski definition) is 19. The number of benzene rings is 3. The molecule has 8 aromatic rings. The molecule has 6 aliphatic rings. The summed E-state index contributed by atoms with van der Waals surface area (Å²) < 4.78 is 89.2. The number of hydrogen-bond donors (Lipinski definition) is 8. The summed E-state index contributed by atoms with van der Waals surface area (Å²) >= 11 is 1.49. The first-order valence-corrected chi connectivity index (χ1v) is 38.0. The normalized spacial score (nSPS) is 23.3. The molecule has 24 nitrogen and oxygen atoms in total. The predicted octanol–water partition coefficient (Wildman–Crippen LogP) is 9.94. The van der Waals surface area contributed by atoms with Gasteiger partial charge in [-0.15, -0.1) is 11.3 Å².